The highest BCUT2D eigenvalue weighted by Gasteiger charge is 2.23. The minimum Gasteiger partial charge on any atom is -0.0750 e. The van der Waals surface area contributed by atoms with Crippen molar-refractivity contribution in [2.45, 2.75) is 27.2 Å². The molecule has 6 rings (SSSR count). The van der Waals surface area contributed by atoms with Gasteiger partial charge in [-0.15, -0.1) is 0 Å². The fourth-order valence-electron chi connectivity index (χ4n) is 5.26. The summed E-state index contributed by atoms with van der Waals surface area (Å²) in [5, 5.41) is 10.6. The third-order valence-corrected chi connectivity index (χ3v) is 6.52. The summed E-state index contributed by atoms with van der Waals surface area (Å²) < 4.78 is 0. The van der Waals surface area contributed by atoms with Crippen LogP contribution in [-0.4, -0.2) is 0 Å². The molecule has 0 N–H and O–H groups in total. The number of rotatable bonds is 0. The van der Waals surface area contributed by atoms with Gasteiger partial charge in [0.15, 0.2) is 0 Å². The third kappa shape index (κ3) is 2.67. The highest BCUT2D eigenvalue weighted by Crippen LogP contribution is 2.39. The van der Waals surface area contributed by atoms with Gasteiger partial charge in [0.25, 0.3) is 0 Å². The molecule has 0 radical (unpaired) electrons. The van der Waals surface area contributed by atoms with E-state index in [1.807, 2.05) is 0 Å². The Hall–Kier alpha value is -3.12. The Morgan fingerprint density at radius 3 is 1.59 bits per heavy atom. The van der Waals surface area contributed by atoms with Gasteiger partial charge in [-0.1, -0.05) is 50.3 Å². The Balaban J connectivity index is 1.63. The Labute approximate surface area is 171 Å². The molecule has 0 atom stereocenters. The summed E-state index contributed by atoms with van der Waals surface area (Å²) in [5.74, 6) is 0. The minimum atomic E-state index is 0.235. The normalized spacial score (nSPS) is 15.8. The average Bonchev–Trinajstić information content (AvgIpc) is 2.67. The lowest BCUT2D eigenvalue weighted by atomic mass is 9.76. The van der Waals surface area contributed by atoms with E-state index in [9.17, 15) is 0 Å². The van der Waals surface area contributed by atoms with E-state index in [0.29, 0.717) is 0 Å². The highest BCUT2D eigenvalue weighted by molar-refractivity contribution is 6.08. The second kappa shape index (κ2) is 5.70. The fourth-order valence-corrected chi connectivity index (χ4v) is 5.26. The van der Waals surface area contributed by atoms with Gasteiger partial charge >= 0.3 is 0 Å². The van der Waals surface area contributed by atoms with Crippen LogP contribution in [0.25, 0.3) is 48.7 Å². The lowest BCUT2D eigenvalue weighted by molar-refractivity contribution is 0.473. The van der Waals surface area contributed by atoms with E-state index in [2.05, 4.69) is 99.6 Å². The summed E-state index contributed by atoms with van der Waals surface area (Å²) in [4.78, 5) is 0. The smallest absolute Gasteiger partial charge is 0.0128 e. The molecule has 0 fully saturated rings. The largest absolute Gasteiger partial charge is 0.0750 e. The van der Waals surface area contributed by atoms with Crippen LogP contribution in [0.3, 0.4) is 0 Å². The van der Waals surface area contributed by atoms with Crippen LogP contribution in [0.4, 0.5) is 0 Å². The Morgan fingerprint density at radius 2 is 1.03 bits per heavy atom. The second-order valence-electron chi connectivity index (χ2n) is 9.45. The average molecular weight is 373 g/mol. The van der Waals surface area contributed by atoms with Crippen molar-refractivity contribution >= 4 is 48.7 Å². The van der Waals surface area contributed by atoms with Gasteiger partial charge < -0.3 is 0 Å². The van der Waals surface area contributed by atoms with E-state index in [1.54, 1.807) is 0 Å². The molecule has 0 nitrogen and oxygen atoms in total. The second-order valence-corrected chi connectivity index (χ2v) is 9.45. The number of benzene rings is 5. The quantitative estimate of drug-likeness (QED) is 0.240. The molecular formula is C29H24. The maximum atomic E-state index is 2.43. The highest BCUT2D eigenvalue weighted by atomic mass is 14.3. The molecule has 0 heteroatoms. The van der Waals surface area contributed by atoms with Gasteiger partial charge in [-0.05, 0) is 121 Å². The SMILES string of the molecule is CC1=CC(C)(C)Cc2cc3cc4cc5cc6ccccc6cc5cc4cc3cc21. The van der Waals surface area contributed by atoms with Gasteiger partial charge in [-0.3, -0.25) is 0 Å². The maximum absolute atomic E-state index is 2.43. The summed E-state index contributed by atoms with van der Waals surface area (Å²) in [7, 11) is 0. The Morgan fingerprint density at radius 1 is 0.586 bits per heavy atom. The number of allylic oxidation sites excluding steroid dienone is 2. The van der Waals surface area contributed by atoms with Crippen molar-refractivity contribution in [2.24, 2.45) is 5.41 Å². The molecule has 0 saturated carbocycles. The first-order chi connectivity index (χ1) is 13.9. The molecule has 1 aliphatic carbocycles. The van der Waals surface area contributed by atoms with Crippen LogP contribution in [0.2, 0.25) is 0 Å². The predicted octanol–water partition coefficient (Wildman–Crippen LogP) is 8.29. The lowest BCUT2D eigenvalue weighted by Crippen LogP contribution is -2.17. The van der Waals surface area contributed by atoms with Crippen molar-refractivity contribution in [3.8, 4) is 0 Å². The van der Waals surface area contributed by atoms with Gasteiger partial charge in [0.05, 0.1) is 0 Å². The van der Waals surface area contributed by atoms with Gasteiger partial charge in [-0.2, -0.15) is 0 Å². The van der Waals surface area contributed by atoms with Crippen molar-refractivity contribution in [3.05, 3.63) is 90.0 Å². The first kappa shape index (κ1) is 16.8. The number of fused-ring (bicyclic) bond motifs is 5. The molecule has 0 bridgehead atoms. The van der Waals surface area contributed by atoms with Crippen LogP contribution in [0, 0.1) is 5.41 Å². The van der Waals surface area contributed by atoms with Crippen molar-refractivity contribution in [1.29, 1.82) is 0 Å². The molecular weight excluding hydrogens is 348 g/mol. The van der Waals surface area contributed by atoms with Crippen LogP contribution in [-0.2, 0) is 6.42 Å². The Bertz CT molecular complexity index is 1500. The molecule has 0 heterocycles. The third-order valence-electron chi connectivity index (χ3n) is 6.52. The molecule has 1 aliphatic rings. The zero-order chi connectivity index (χ0) is 19.8. The minimum absolute atomic E-state index is 0.235. The van der Waals surface area contributed by atoms with Crippen LogP contribution in [0.1, 0.15) is 31.9 Å². The molecule has 0 amide bonds. The van der Waals surface area contributed by atoms with Gasteiger partial charge in [0.1, 0.15) is 0 Å². The van der Waals surface area contributed by atoms with E-state index in [-0.39, 0.29) is 5.41 Å². The first-order valence-corrected chi connectivity index (χ1v) is 10.5. The van der Waals surface area contributed by atoms with Crippen molar-refractivity contribution in [2.75, 3.05) is 0 Å². The van der Waals surface area contributed by atoms with Crippen molar-refractivity contribution in [1.82, 2.24) is 0 Å². The van der Waals surface area contributed by atoms with E-state index in [4.69, 9.17) is 0 Å². The van der Waals surface area contributed by atoms with E-state index in [1.165, 1.54) is 59.8 Å². The zero-order valence-electron chi connectivity index (χ0n) is 17.2. The standard InChI is InChI=1S/C29H24/c1-18-16-29(2,3)17-27-14-25-12-23-10-21-8-19-6-4-5-7-20(19)9-22(21)11-24(23)13-26(25)15-28(18)27/h4-16H,17H2,1-3H3. The van der Waals surface area contributed by atoms with Gasteiger partial charge in [0, 0.05) is 0 Å². The Kier molecular flexibility index (Phi) is 3.30. The zero-order valence-corrected chi connectivity index (χ0v) is 17.2. The van der Waals surface area contributed by atoms with Crippen LogP contribution < -0.4 is 0 Å². The van der Waals surface area contributed by atoms with Crippen LogP contribution >= 0.6 is 0 Å². The molecule has 0 spiro atoms. The molecule has 140 valence electrons. The summed E-state index contributed by atoms with van der Waals surface area (Å²) in [6, 6.07) is 27.5. The summed E-state index contributed by atoms with van der Waals surface area (Å²) in [6.07, 6.45) is 3.54. The van der Waals surface area contributed by atoms with Crippen molar-refractivity contribution < 1.29 is 0 Å². The summed E-state index contributed by atoms with van der Waals surface area (Å²) >= 11 is 0. The van der Waals surface area contributed by atoms with Crippen molar-refractivity contribution in [3.63, 3.8) is 0 Å². The molecule has 5 aromatic rings. The fraction of sp³-hybridized carbons (Fsp3) is 0.172. The molecule has 0 saturated heterocycles. The molecule has 0 unspecified atom stereocenters. The molecule has 0 aliphatic heterocycles. The molecule has 0 aromatic heterocycles. The van der Waals surface area contributed by atoms with E-state index >= 15 is 0 Å². The monoisotopic (exact) mass is 372 g/mol. The van der Waals surface area contributed by atoms with Gasteiger partial charge in [0.2, 0.25) is 0 Å². The lowest BCUT2D eigenvalue weighted by Gasteiger charge is -2.29. The number of hydrogen-bond acceptors (Lipinski definition) is 0. The molecule has 29 heavy (non-hydrogen) atoms. The first-order valence-electron chi connectivity index (χ1n) is 10.5. The van der Waals surface area contributed by atoms with E-state index < -0.39 is 0 Å². The molecule has 5 aromatic carbocycles. The maximum Gasteiger partial charge on any atom is -0.0128 e. The summed E-state index contributed by atoms with van der Waals surface area (Å²) in [6.45, 7) is 6.92. The van der Waals surface area contributed by atoms with Gasteiger partial charge in [-0.25, -0.2) is 0 Å². The topological polar surface area (TPSA) is 0 Å². The summed E-state index contributed by atoms with van der Waals surface area (Å²) in [5.41, 5.74) is 4.54. The van der Waals surface area contributed by atoms with Crippen LogP contribution in [0.5, 0.6) is 0 Å². The predicted molar refractivity (Wildman–Crippen MR) is 128 cm³/mol. The van der Waals surface area contributed by atoms with E-state index in [0.717, 1.165) is 6.42 Å². The number of hydrogen-bond donors (Lipinski definition) is 0. The van der Waals surface area contributed by atoms with Crippen LogP contribution in [0.15, 0.2) is 78.9 Å².